The van der Waals surface area contributed by atoms with Gasteiger partial charge in [0.2, 0.25) is 10.0 Å². The van der Waals surface area contributed by atoms with Crippen LogP contribution >= 0.6 is 0 Å². The molecular weight excluding hydrogens is 480 g/mol. The van der Waals surface area contributed by atoms with E-state index < -0.39 is 28.5 Å². The number of carbonyl (C=O) groups excluding carboxylic acids is 3. The van der Waals surface area contributed by atoms with Gasteiger partial charge < -0.3 is 10.1 Å². The van der Waals surface area contributed by atoms with Crippen LogP contribution < -0.4 is 5.32 Å². The first-order valence-corrected chi connectivity index (χ1v) is 13.0. The highest BCUT2D eigenvalue weighted by Gasteiger charge is 2.27. The van der Waals surface area contributed by atoms with Crippen LogP contribution in [0.3, 0.4) is 0 Å². The molecule has 1 aliphatic heterocycles. The van der Waals surface area contributed by atoms with Gasteiger partial charge in [0, 0.05) is 29.9 Å². The number of carbonyl (C=O) groups is 3. The van der Waals surface area contributed by atoms with Crippen LogP contribution in [0.5, 0.6) is 0 Å². The normalized spacial score (nSPS) is 13.8. The Hall–Kier alpha value is -3.82. The lowest BCUT2D eigenvalue weighted by atomic mass is 9.98. The maximum Gasteiger partial charge on any atom is 0.339 e. The molecule has 3 aromatic rings. The van der Waals surface area contributed by atoms with Crippen LogP contribution in [0.2, 0.25) is 0 Å². The van der Waals surface area contributed by atoms with Crippen LogP contribution in [0.15, 0.2) is 77.7 Å². The number of anilines is 1. The molecule has 0 radical (unpaired) electrons. The lowest BCUT2D eigenvalue weighted by Crippen LogP contribution is -2.27. The number of benzene rings is 3. The molecule has 3 aromatic carbocycles. The molecule has 0 atom stereocenters. The molecule has 186 valence electrons. The van der Waals surface area contributed by atoms with E-state index in [0.717, 1.165) is 18.4 Å². The molecule has 1 N–H and O–H groups in total. The van der Waals surface area contributed by atoms with E-state index in [4.69, 9.17) is 4.74 Å². The van der Waals surface area contributed by atoms with E-state index in [9.17, 15) is 22.8 Å². The first-order chi connectivity index (χ1) is 17.3. The highest BCUT2D eigenvalue weighted by Crippen LogP contribution is 2.22. The fraction of sp³-hybridized carbons (Fsp3) is 0.222. The summed E-state index contributed by atoms with van der Waals surface area (Å²) in [5, 5.41) is 2.57. The van der Waals surface area contributed by atoms with Gasteiger partial charge in [-0.15, -0.1) is 0 Å². The van der Waals surface area contributed by atoms with E-state index in [0.29, 0.717) is 24.3 Å². The lowest BCUT2D eigenvalue weighted by Gasteiger charge is -2.15. The quantitative estimate of drug-likeness (QED) is 0.368. The predicted molar refractivity (Wildman–Crippen MR) is 134 cm³/mol. The Morgan fingerprint density at radius 1 is 0.861 bits per heavy atom. The maximum atomic E-state index is 12.9. The molecule has 0 aliphatic carbocycles. The Kier molecular flexibility index (Phi) is 7.61. The number of ether oxygens (including phenoxy) is 1. The summed E-state index contributed by atoms with van der Waals surface area (Å²) in [5.74, 6) is -1.72. The third kappa shape index (κ3) is 5.69. The average Bonchev–Trinajstić information content (AvgIpc) is 3.44. The van der Waals surface area contributed by atoms with Crippen molar-refractivity contribution >= 4 is 33.4 Å². The standard InChI is InChI=1S/C27H26N2O6S/c1-19-8-10-20(11-9-19)26(31)23-6-2-3-7-24(23)27(32)35-18-25(30)28-21-12-14-22(15-13-21)36(33,34)29-16-4-5-17-29/h2-3,6-15H,4-5,16-18H2,1H3,(H,28,30). The zero-order valence-electron chi connectivity index (χ0n) is 19.8. The van der Waals surface area contributed by atoms with E-state index in [1.165, 1.54) is 40.7 Å². The molecule has 1 amide bonds. The molecule has 0 unspecified atom stereocenters. The van der Waals surface area contributed by atoms with Crippen LogP contribution in [0.4, 0.5) is 5.69 Å². The molecule has 36 heavy (non-hydrogen) atoms. The van der Waals surface area contributed by atoms with E-state index in [1.807, 2.05) is 19.1 Å². The summed E-state index contributed by atoms with van der Waals surface area (Å²) in [6, 6.07) is 19.1. The van der Waals surface area contributed by atoms with Gasteiger partial charge in [0.25, 0.3) is 5.91 Å². The number of nitrogens with one attached hydrogen (secondary N) is 1. The van der Waals surface area contributed by atoms with E-state index in [-0.39, 0.29) is 21.8 Å². The minimum Gasteiger partial charge on any atom is -0.452 e. The molecule has 1 heterocycles. The zero-order chi connectivity index (χ0) is 25.7. The first-order valence-electron chi connectivity index (χ1n) is 11.5. The van der Waals surface area contributed by atoms with E-state index >= 15 is 0 Å². The van der Waals surface area contributed by atoms with Crippen molar-refractivity contribution in [3.05, 3.63) is 95.1 Å². The molecule has 0 aromatic heterocycles. The second-order valence-corrected chi connectivity index (χ2v) is 10.4. The van der Waals surface area contributed by atoms with Gasteiger partial charge in [-0.2, -0.15) is 4.31 Å². The number of esters is 1. The fourth-order valence-electron chi connectivity index (χ4n) is 3.91. The molecular formula is C27H26N2O6S. The van der Waals surface area contributed by atoms with Crippen molar-refractivity contribution in [3.8, 4) is 0 Å². The van der Waals surface area contributed by atoms with Gasteiger partial charge in [0.15, 0.2) is 12.4 Å². The third-order valence-electron chi connectivity index (χ3n) is 5.88. The van der Waals surface area contributed by atoms with Gasteiger partial charge in [0.05, 0.1) is 10.5 Å². The summed E-state index contributed by atoms with van der Waals surface area (Å²) in [6.45, 7) is 2.35. The Labute approximate surface area is 209 Å². The second-order valence-electron chi connectivity index (χ2n) is 8.50. The maximum absolute atomic E-state index is 12.9. The van der Waals surface area contributed by atoms with Crippen molar-refractivity contribution in [3.63, 3.8) is 0 Å². The molecule has 1 fully saturated rings. The highest BCUT2D eigenvalue weighted by molar-refractivity contribution is 7.89. The highest BCUT2D eigenvalue weighted by atomic mass is 32.2. The van der Waals surface area contributed by atoms with Crippen LogP contribution in [0, 0.1) is 6.92 Å². The van der Waals surface area contributed by atoms with Gasteiger partial charge >= 0.3 is 5.97 Å². The second kappa shape index (κ2) is 10.8. The van der Waals surface area contributed by atoms with Crippen molar-refractivity contribution in [2.75, 3.05) is 25.0 Å². The number of rotatable bonds is 8. The van der Waals surface area contributed by atoms with Crippen molar-refractivity contribution < 1.29 is 27.5 Å². The van der Waals surface area contributed by atoms with Crippen molar-refractivity contribution in [1.29, 1.82) is 0 Å². The van der Waals surface area contributed by atoms with Gasteiger partial charge in [-0.05, 0) is 50.1 Å². The number of hydrogen-bond donors (Lipinski definition) is 1. The number of ketones is 1. The summed E-state index contributed by atoms with van der Waals surface area (Å²) >= 11 is 0. The van der Waals surface area contributed by atoms with Crippen molar-refractivity contribution in [2.45, 2.75) is 24.7 Å². The molecule has 0 spiro atoms. The van der Waals surface area contributed by atoms with Crippen molar-refractivity contribution in [2.24, 2.45) is 0 Å². The van der Waals surface area contributed by atoms with E-state index in [2.05, 4.69) is 5.32 Å². The van der Waals surface area contributed by atoms with Crippen molar-refractivity contribution in [1.82, 2.24) is 4.31 Å². The number of nitrogens with zero attached hydrogens (tertiary/aromatic N) is 1. The minimum atomic E-state index is -3.55. The van der Waals surface area contributed by atoms with Crippen LogP contribution in [0.1, 0.15) is 44.7 Å². The predicted octanol–water partition coefficient (Wildman–Crippen LogP) is 3.81. The largest absolute Gasteiger partial charge is 0.452 e. The van der Waals surface area contributed by atoms with Crippen LogP contribution in [-0.4, -0.2) is 50.1 Å². The van der Waals surface area contributed by atoms with Gasteiger partial charge in [-0.25, -0.2) is 13.2 Å². The number of amides is 1. The Balaban J connectivity index is 1.37. The molecule has 1 saturated heterocycles. The topological polar surface area (TPSA) is 110 Å². The van der Waals surface area contributed by atoms with Gasteiger partial charge in [-0.1, -0.05) is 48.0 Å². The zero-order valence-corrected chi connectivity index (χ0v) is 20.6. The number of aryl methyl sites for hydroxylation is 1. The first kappa shape index (κ1) is 25.3. The fourth-order valence-corrected chi connectivity index (χ4v) is 5.43. The number of sulfonamides is 1. The van der Waals surface area contributed by atoms with Crippen LogP contribution in [0.25, 0.3) is 0 Å². The molecule has 4 rings (SSSR count). The Morgan fingerprint density at radius 2 is 1.47 bits per heavy atom. The summed E-state index contributed by atoms with van der Waals surface area (Å²) in [4.78, 5) is 38.1. The summed E-state index contributed by atoms with van der Waals surface area (Å²) in [5.41, 5.74) is 2.06. The minimum absolute atomic E-state index is 0.0624. The average molecular weight is 507 g/mol. The molecule has 0 saturated carbocycles. The van der Waals surface area contributed by atoms with Crippen LogP contribution in [-0.2, 0) is 19.6 Å². The molecule has 0 bridgehead atoms. The summed E-state index contributed by atoms with van der Waals surface area (Å²) in [6.07, 6.45) is 1.69. The smallest absolute Gasteiger partial charge is 0.339 e. The summed E-state index contributed by atoms with van der Waals surface area (Å²) < 4.78 is 31.8. The lowest BCUT2D eigenvalue weighted by molar-refractivity contribution is -0.119. The number of hydrogen-bond acceptors (Lipinski definition) is 6. The Bertz CT molecular complexity index is 1380. The van der Waals surface area contributed by atoms with Gasteiger partial charge in [0.1, 0.15) is 0 Å². The molecule has 8 nitrogen and oxygen atoms in total. The Morgan fingerprint density at radius 3 is 2.11 bits per heavy atom. The SMILES string of the molecule is Cc1ccc(C(=O)c2ccccc2C(=O)OCC(=O)Nc2ccc(S(=O)(=O)N3CCCC3)cc2)cc1. The summed E-state index contributed by atoms with van der Waals surface area (Å²) in [7, 11) is -3.55. The third-order valence-corrected chi connectivity index (χ3v) is 7.79. The van der Waals surface area contributed by atoms with Gasteiger partial charge in [-0.3, -0.25) is 9.59 Å². The monoisotopic (exact) mass is 506 g/mol. The molecule has 1 aliphatic rings. The van der Waals surface area contributed by atoms with E-state index in [1.54, 1.807) is 24.3 Å². The molecule has 9 heteroatoms.